The molecule has 31 heavy (non-hydrogen) atoms. The Hall–Kier alpha value is -2.44. The molecule has 1 aliphatic carbocycles. The second-order valence-electron chi connectivity index (χ2n) is 8.28. The van der Waals surface area contributed by atoms with Gasteiger partial charge in [0.15, 0.2) is 24.1 Å². The standard InChI is InChI=1S/C24H40N4O3/c1-5-26-23(29)17-31-21-14-13-20(15-22(21)30-4)16-27-24(25-3)28-18(2)11-12-19-9-7-6-8-10-19/h13-15,18-19H,5-12,16-17H2,1-4H3,(H,26,29)(H2,25,27,28). The first kappa shape index (κ1) is 24.8. The minimum atomic E-state index is -0.150. The number of hydrogen-bond acceptors (Lipinski definition) is 4. The van der Waals surface area contributed by atoms with E-state index >= 15 is 0 Å². The number of carbonyl (C=O) groups is 1. The van der Waals surface area contributed by atoms with Crippen LogP contribution < -0.4 is 25.4 Å². The van der Waals surface area contributed by atoms with Gasteiger partial charge in [-0.05, 0) is 50.3 Å². The van der Waals surface area contributed by atoms with Crippen molar-refractivity contribution in [1.82, 2.24) is 16.0 Å². The quantitative estimate of drug-likeness (QED) is 0.367. The van der Waals surface area contributed by atoms with Gasteiger partial charge in [0.1, 0.15) is 0 Å². The van der Waals surface area contributed by atoms with Crippen molar-refractivity contribution in [3.05, 3.63) is 23.8 Å². The Kier molecular flexibility index (Phi) is 11.0. The van der Waals surface area contributed by atoms with E-state index in [1.54, 1.807) is 14.2 Å². The van der Waals surface area contributed by atoms with E-state index in [4.69, 9.17) is 9.47 Å². The maximum atomic E-state index is 11.6. The highest BCUT2D eigenvalue weighted by Crippen LogP contribution is 2.28. The first-order valence-electron chi connectivity index (χ1n) is 11.6. The van der Waals surface area contributed by atoms with Crippen molar-refractivity contribution in [2.75, 3.05) is 27.3 Å². The van der Waals surface area contributed by atoms with Crippen LogP contribution in [0.1, 0.15) is 64.4 Å². The summed E-state index contributed by atoms with van der Waals surface area (Å²) in [6.07, 6.45) is 9.45. The number of nitrogens with zero attached hydrogens (tertiary/aromatic N) is 1. The third kappa shape index (κ3) is 9.07. The minimum absolute atomic E-state index is 0.0307. The molecule has 1 saturated carbocycles. The number of methoxy groups -OCH3 is 1. The largest absolute Gasteiger partial charge is 0.493 e. The van der Waals surface area contributed by atoms with E-state index in [1.807, 2.05) is 25.1 Å². The molecule has 1 aromatic carbocycles. The summed E-state index contributed by atoms with van der Waals surface area (Å²) in [4.78, 5) is 16.0. The van der Waals surface area contributed by atoms with Gasteiger partial charge in [-0.1, -0.05) is 38.2 Å². The number of rotatable bonds is 11. The van der Waals surface area contributed by atoms with Gasteiger partial charge in [0.05, 0.1) is 7.11 Å². The molecule has 7 heteroatoms. The number of hydrogen-bond donors (Lipinski definition) is 3. The van der Waals surface area contributed by atoms with Crippen LogP contribution in [0.4, 0.5) is 0 Å². The number of aliphatic imine (C=N–C) groups is 1. The van der Waals surface area contributed by atoms with Crippen LogP contribution in [0.15, 0.2) is 23.2 Å². The van der Waals surface area contributed by atoms with Crippen LogP contribution in [0.3, 0.4) is 0 Å². The zero-order valence-electron chi connectivity index (χ0n) is 19.6. The van der Waals surface area contributed by atoms with Crippen molar-refractivity contribution >= 4 is 11.9 Å². The Balaban J connectivity index is 1.80. The molecule has 1 aliphatic rings. The molecule has 0 spiro atoms. The van der Waals surface area contributed by atoms with Crippen molar-refractivity contribution in [2.45, 2.75) is 71.4 Å². The van der Waals surface area contributed by atoms with Crippen LogP contribution in [0.5, 0.6) is 11.5 Å². The molecule has 0 saturated heterocycles. The van der Waals surface area contributed by atoms with Crippen molar-refractivity contribution < 1.29 is 14.3 Å². The number of nitrogens with one attached hydrogen (secondary N) is 3. The highest BCUT2D eigenvalue weighted by Gasteiger charge is 2.15. The lowest BCUT2D eigenvalue weighted by molar-refractivity contribution is -0.123. The molecule has 0 radical (unpaired) electrons. The lowest BCUT2D eigenvalue weighted by Gasteiger charge is -2.24. The predicted molar refractivity (Wildman–Crippen MR) is 126 cm³/mol. The average molecular weight is 433 g/mol. The van der Waals surface area contributed by atoms with Crippen LogP contribution in [0.2, 0.25) is 0 Å². The first-order chi connectivity index (χ1) is 15.0. The van der Waals surface area contributed by atoms with Crippen molar-refractivity contribution in [1.29, 1.82) is 0 Å². The van der Waals surface area contributed by atoms with Gasteiger partial charge in [0.25, 0.3) is 5.91 Å². The van der Waals surface area contributed by atoms with Gasteiger partial charge in [0.2, 0.25) is 0 Å². The first-order valence-corrected chi connectivity index (χ1v) is 11.6. The van der Waals surface area contributed by atoms with Gasteiger partial charge in [-0.3, -0.25) is 9.79 Å². The third-order valence-corrected chi connectivity index (χ3v) is 5.76. The molecule has 1 fully saturated rings. The van der Waals surface area contributed by atoms with E-state index in [2.05, 4.69) is 27.9 Å². The molecular weight excluding hydrogens is 392 g/mol. The summed E-state index contributed by atoms with van der Waals surface area (Å²) in [6, 6.07) is 6.09. The fourth-order valence-corrected chi connectivity index (χ4v) is 3.98. The Morgan fingerprint density at radius 1 is 1.19 bits per heavy atom. The zero-order chi connectivity index (χ0) is 22.5. The number of carbonyl (C=O) groups excluding carboxylic acids is 1. The maximum absolute atomic E-state index is 11.6. The van der Waals surface area contributed by atoms with Crippen LogP contribution in [0, 0.1) is 5.92 Å². The highest BCUT2D eigenvalue weighted by molar-refractivity contribution is 5.80. The molecule has 0 aliphatic heterocycles. The molecule has 1 amide bonds. The molecule has 1 aromatic rings. The van der Waals surface area contributed by atoms with E-state index in [-0.39, 0.29) is 12.5 Å². The van der Waals surface area contributed by atoms with Crippen LogP contribution in [0.25, 0.3) is 0 Å². The summed E-state index contributed by atoms with van der Waals surface area (Å²) in [7, 11) is 3.39. The normalized spacial score (nSPS) is 15.8. The van der Waals surface area contributed by atoms with Crippen molar-refractivity contribution in [3.63, 3.8) is 0 Å². The summed E-state index contributed by atoms with van der Waals surface area (Å²) in [5, 5.41) is 9.58. The summed E-state index contributed by atoms with van der Waals surface area (Å²) < 4.78 is 11.0. The van der Waals surface area contributed by atoms with E-state index in [9.17, 15) is 4.79 Å². The maximum Gasteiger partial charge on any atom is 0.257 e. The number of guanidine groups is 1. The van der Waals surface area contributed by atoms with E-state index in [0.717, 1.165) is 23.9 Å². The number of benzene rings is 1. The smallest absolute Gasteiger partial charge is 0.257 e. The molecule has 3 N–H and O–H groups in total. The third-order valence-electron chi connectivity index (χ3n) is 5.76. The van der Waals surface area contributed by atoms with Gasteiger partial charge >= 0.3 is 0 Å². The highest BCUT2D eigenvalue weighted by atomic mass is 16.5. The summed E-state index contributed by atoms with van der Waals surface area (Å²) in [6.45, 7) is 5.26. The Labute approximate surface area is 187 Å². The number of amides is 1. The van der Waals surface area contributed by atoms with Crippen LogP contribution >= 0.6 is 0 Å². The number of ether oxygens (including phenoxy) is 2. The summed E-state index contributed by atoms with van der Waals surface area (Å²) in [5.41, 5.74) is 1.04. The van der Waals surface area contributed by atoms with Crippen LogP contribution in [-0.4, -0.2) is 45.2 Å². The summed E-state index contributed by atoms with van der Waals surface area (Å²) in [5.74, 6) is 2.70. The molecule has 0 heterocycles. The lowest BCUT2D eigenvalue weighted by Crippen LogP contribution is -2.42. The van der Waals surface area contributed by atoms with Gasteiger partial charge in [-0.25, -0.2) is 0 Å². The van der Waals surface area contributed by atoms with E-state index < -0.39 is 0 Å². The molecule has 1 unspecified atom stereocenters. The minimum Gasteiger partial charge on any atom is -0.493 e. The van der Waals surface area contributed by atoms with Gasteiger partial charge in [-0.15, -0.1) is 0 Å². The molecular formula is C24H40N4O3. The predicted octanol–water partition coefficient (Wildman–Crippen LogP) is 3.62. The molecule has 7 nitrogen and oxygen atoms in total. The fraction of sp³-hybridized carbons (Fsp3) is 0.667. The topological polar surface area (TPSA) is 84.0 Å². The average Bonchev–Trinajstić information content (AvgIpc) is 2.80. The van der Waals surface area contributed by atoms with Crippen LogP contribution in [-0.2, 0) is 11.3 Å². The molecule has 0 aromatic heterocycles. The van der Waals surface area contributed by atoms with Gasteiger partial charge in [0, 0.05) is 26.2 Å². The molecule has 1 atom stereocenters. The van der Waals surface area contributed by atoms with Gasteiger partial charge in [-0.2, -0.15) is 0 Å². The Morgan fingerprint density at radius 2 is 1.97 bits per heavy atom. The molecule has 0 bridgehead atoms. The van der Waals surface area contributed by atoms with Crippen molar-refractivity contribution in [3.8, 4) is 11.5 Å². The van der Waals surface area contributed by atoms with E-state index in [0.29, 0.717) is 30.6 Å². The monoisotopic (exact) mass is 432 g/mol. The number of likely N-dealkylation sites (N-methyl/N-ethyl adjacent to an activating group) is 1. The lowest BCUT2D eigenvalue weighted by atomic mass is 9.85. The summed E-state index contributed by atoms with van der Waals surface area (Å²) >= 11 is 0. The Morgan fingerprint density at radius 3 is 2.65 bits per heavy atom. The zero-order valence-corrected chi connectivity index (χ0v) is 19.6. The fourth-order valence-electron chi connectivity index (χ4n) is 3.98. The second-order valence-corrected chi connectivity index (χ2v) is 8.28. The SMILES string of the molecule is CCNC(=O)COc1ccc(CNC(=NC)NC(C)CCC2CCCCC2)cc1OC. The van der Waals surface area contributed by atoms with Crippen molar-refractivity contribution in [2.24, 2.45) is 10.9 Å². The van der Waals surface area contributed by atoms with E-state index in [1.165, 1.54) is 38.5 Å². The Bertz CT molecular complexity index is 702. The van der Waals surface area contributed by atoms with Gasteiger partial charge < -0.3 is 25.4 Å². The molecule has 174 valence electrons. The second kappa shape index (κ2) is 13.8. The molecule has 2 rings (SSSR count).